The molecule has 0 aliphatic rings. The van der Waals surface area contributed by atoms with Gasteiger partial charge >= 0.3 is 5.97 Å². The van der Waals surface area contributed by atoms with E-state index in [2.05, 4.69) is 9.97 Å². The van der Waals surface area contributed by atoms with Crippen LogP contribution in [0.25, 0.3) is 17.0 Å². The topological polar surface area (TPSA) is 126 Å². The molecule has 3 N–H and O–H groups in total. The average Bonchev–Trinajstić information content (AvgIpc) is 2.93. The summed E-state index contributed by atoms with van der Waals surface area (Å²) >= 11 is 0. The number of benzene rings is 1. The quantitative estimate of drug-likeness (QED) is 0.700. The highest BCUT2D eigenvalue weighted by molar-refractivity contribution is 5.89. The number of nitrogens with one attached hydrogen (secondary N) is 1. The summed E-state index contributed by atoms with van der Waals surface area (Å²) in [6.45, 7) is 1.80. The Morgan fingerprint density at radius 2 is 2.12 bits per heavy atom. The summed E-state index contributed by atoms with van der Waals surface area (Å²) < 4.78 is 5.97. The third-order valence-corrected chi connectivity index (χ3v) is 3.49. The molecule has 24 heavy (non-hydrogen) atoms. The predicted molar refractivity (Wildman–Crippen MR) is 86.3 cm³/mol. The van der Waals surface area contributed by atoms with Crippen molar-refractivity contribution in [3.63, 3.8) is 0 Å². The maximum atomic E-state index is 12.5. The molecule has 0 saturated heterocycles. The van der Waals surface area contributed by atoms with Gasteiger partial charge < -0.3 is 15.5 Å². The van der Waals surface area contributed by atoms with E-state index in [1.54, 1.807) is 31.2 Å². The minimum Gasteiger partial charge on any atom is -0.462 e. The molecule has 0 saturated carbocycles. The Morgan fingerprint density at radius 3 is 2.75 bits per heavy atom. The molecule has 2 heterocycles. The number of nitrogens with two attached hydrogens (primary N) is 1. The third-order valence-electron chi connectivity index (χ3n) is 3.49. The molecule has 8 nitrogen and oxygen atoms in total. The fourth-order valence-electron chi connectivity index (χ4n) is 2.33. The fourth-order valence-corrected chi connectivity index (χ4v) is 2.33. The zero-order chi connectivity index (χ0) is 17.3. The number of ether oxygens (including phenoxy) is 1. The number of rotatable bonds is 3. The van der Waals surface area contributed by atoms with Gasteiger partial charge in [0.05, 0.1) is 30.1 Å². The molecule has 120 valence electrons. The van der Waals surface area contributed by atoms with Crippen LogP contribution < -0.4 is 11.3 Å². The minimum absolute atomic E-state index is 0.123. The highest BCUT2D eigenvalue weighted by Gasteiger charge is 2.19. The number of aromatic nitrogens is 3. The molecule has 3 rings (SSSR count). The van der Waals surface area contributed by atoms with Gasteiger partial charge in [-0.05, 0) is 19.1 Å². The standard InChI is InChI=1S/C16H13N5O3/c1-2-24-15(23)11-8-19-16-20-12(13(18)21(16)14(11)22)10-5-3-9(7-17)4-6-10/h3-6,8H,2,18H2,1H3,(H,19,20). The van der Waals surface area contributed by atoms with Crippen LogP contribution in [0.4, 0.5) is 5.82 Å². The maximum Gasteiger partial charge on any atom is 0.345 e. The lowest BCUT2D eigenvalue weighted by Gasteiger charge is -2.02. The first-order chi connectivity index (χ1) is 11.6. The molecule has 0 amide bonds. The highest BCUT2D eigenvalue weighted by atomic mass is 16.5. The molecule has 2 aromatic heterocycles. The SMILES string of the molecule is CCOC(=O)c1cnc2[nH]c(-c3ccc(C#N)cc3)c(N)n2c1=O. The fraction of sp³-hybridized carbons (Fsp3) is 0.125. The first-order valence-electron chi connectivity index (χ1n) is 7.13. The number of hydrogen-bond donors (Lipinski definition) is 2. The summed E-state index contributed by atoms with van der Waals surface area (Å²) in [5.74, 6) is -0.409. The van der Waals surface area contributed by atoms with E-state index in [1.165, 1.54) is 0 Å². The van der Waals surface area contributed by atoms with Gasteiger partial charge in [0.15, 0.2) is 0 Å². The smallest absolute Gasteiger partial charge is 0.345 e. The molecular formula is C16H13N5O3. The minimum atomic E-state index is -0.745. The molecule has 0 atom stereocenters. The number of imidazole rings is 1. The van der Waals surface area contributed by atoms with Crippen molar-refractivity contribution >= 4 is 17.6 Å². The van der Waals surface area contributed by atoms with Crippen molar-refractivity contribution in [3.8, 4) is 17.3 Å². The van der Waals surface area contributed by atoms with Gasteiger partial charge in [0.2, 0.25) is 5.78 Å². The Kier molecular flexibility index (Phi) is 3.75. The first-order valence-corrected chi connectivity index (χ1v) is 7.13. The molecule has 8 heteroatoms. The molecule has 0 aliphatic heterocycles. The molecule has 0 aliphatic carbocycles. The lowest BCUT2D eigenvalue weighted by Crippen LogP contribution is -2.24. The number of aromatic amines is 1. The van der Waals surface area contributed by atoms with E-state index >= 15 is 0 Å². The van der Waals surface area contributed by atoms with E-state index in [-0.39, 0.29) is 23.8 Å². The van der Waals surface area contributed by atoms with Crippen LogP contribution in [0, 0.1) is 11.3 Å². The van der Waals surface area contributed by atoms with Crippen molar-refractivity contribution in [2.45, 2.75) is 6.92 Å². The summed E-state index contributed by atoms with van der Waals surface area (Å²) in [6, 6.07) is 8.72. The molecule has 0 fully saturated rings. The Bertz CT molecular complexity index is 1020. The van der Waals surface area contributed by atoms with E-state index < -0.39 is 11.5 Å². The van der Waals surface area contributed by atoms with Gasteiger partial charge in [-0.15, -0.1) is 0 Å². The van der Waals surface area contributed by atoms with Crippen LogP contribution in [0.1, 0.15) is 22.8 Å². The van der Waals surface area contributed by atoms with Crippen LogP contribution >= 0.6 is 0 Å². The van der Waals surface area contributed by atoms with Gasteiger partial charge in [-0.2, -0.15) is 5.26 Å². The van der Waals surface area contributed by atoms with E-state index in [0.29, 0.717) is 16.8 Å². The van der Waals surface area contributed by atoms with Gasteiger partial charge in [-0.1, -0.05) is 12.1 Å². The zero-order valence-electron chi connectivity index (χ0n) is 12.7. The number of fused-ring (bicyclic) bond motifs is 1. The number of anilines is 1. The molecule has 0 bridgehead atoms. The van der Waals surface area contributed by atoms with E-state index in [4.69, 9.17) is 15.7 Å². The largest absolute Gasteiger partial charge is 0.462 e. The van der Waals surface area contributed by atoms with Crippen molar-refractivity contribution in [2.24, 2.45) is 0 Å². The molecule has 1 aromatic carbocycles. The van der Waals surface area contributed by atoms with Crippen LogP contribution in [-0.4, -0.2) is 26.9 Å². The molecule has 0 spiro atoms. The lowest BCUT2D eigenvalue weighted by atomic mass is 10.1. The second kappa shape index (κ2) is 5.89. The number of nitrogens with zero attached hydrogens (tertiary/aromatic N) is 3. The third kappa shape index (κ3) is 2.38. The number of hydrogen-bond acceptors (Lipinski definition) is 6. The lowest BCUT2D eigenvalue weighted by molar-refractivity contribution is 0.0523. The predicted octanol–water partition coefficient (Wildman–Crippen LogP) is 1.32. The number of H-pyrrole nitrogens is 1. The van der Waals surface area contributed by atoms with Crippen molar-refractivity contribution in [1.29, 1.82) is 5.26 Å². The van der Waals surface area contributed by atoms with E-state index in [0.717, 1.165) is 10.6 Å². The summed E-state index contributed by atoms with van der Waals surface area (Å²) in [4.78, 5) is 31.3. The van der Waals surface area contributed by atoms with Gasteiger partial charge in [0.1, 0.15) is 11.4 Å². The summed E-state index contributed by atoms with van der Waals surface area (Å²) in [6.07, 6.45) is 1.16. The Hall–Kier alpha value is -3.60. The van der Waals surface area contributed by atoms with Gasteiger partial charge in [-0.25, -0.2) is 14.2 Å². The Morgan fingerprint density at radius 1 is 1.42 bits per heavy atom. The van der Waals surface area contributed by atoms with E-state index in [1.807, 2.05) is 6.07 Å². The normalized spacial score (nSPS) is 10.5. The first kappa shape index (κ1) is 15.3. The summed E-state index contributed by atoms with van der Waals surface area (Å²) in [5, 5.41) is 8.85. The van der Waals surface area contributed by atoms with Crippen molar-refractivity contribution < 1.29 is 9.53 Å². The Balaban J connectivity index is 2.17. The van der Waals surface area contributed by atoms with Crippen molar-refractivity contribution in [3.05, 3.63) is 51.9 Å². The maximum absolute atomic E-state index is 12.5. The second-order valence-electron chi connectivity index (χ2n) is 4.93. The second-order valence-corrected chi connectivity index (χ2v) is 4.93. The van der Waals surface area contributed by atoms with Crippen LogP contribution in [0.3, 0.4) is 0 Å². The molecule has 0 radical (unpaired) electrons. The highest BCUT2D eigenvalue weighted by Crippen LogP contribution is 2.25. The Labute approximate surface area is 136 Å². The van der Waals surface area contributed by atoms with E-state index in [9.17, 15) is 9.59 Å². The number of nitrogen functional groups attached to an aromatic ring is 1. The van der Waals surface area contributed by atoms with Crippen LogP contribution in [-0.2, 0) is 4.74 Å². The number of esters is 1. The van der Waals surface area contributed by atoms with Crippen molar-refractivity contribution in [2.75, 3.05) is 12.3 Å². The monoisotopic (exact) mass is 323 g/mol. The van der Waals surface area contributed by atoms with Gasteiger partial charge in [0.25, 0.3) is 5.56 Å². The van der Waals surface area contributed by atoms with Crippen LogP contribution in [0.5, 0.6) is 0 Å². The molecule has 3 aromatic rings. The summed E-state index contributed by atoms with van der Waals surface area (Å²) in [7, 11) is 0. The van der Waals surface area contributed by atoms with Crippen molar-refractivity contribution in [1.82, 2.24) is 14.4 Å². The molecule has 0 unspecified atom stereocenters. The zero-order valence-corrected chi connectivity index (χ0v) is 12.7. The number of carbonyl (C=O) groups excluding carboxylic acids is 1. The number of carbonyl (C=O) groups is 1. The average molecular weight is 323 g/mol. The van der Waals surface area contributed by atoms with Crippen LogP contribution in [0.15, 0.2) is 35.3 Å². The van der Waals surface area contributed by atoms with Crippen LogP contribution in [0.2, 0.25) is 0 Å². The van der Waals surface area contributed by atoms with Gasteiger partial charge in [-0.3, -0.25) is 4.79 Å². The number of nitriles is 1. The molecular weight excluding hydrogens is 310 g/mol. The summed E-state index contributed by atoms with van der Waals surface area (Å²) in [5.41, 5.74) is 6.94. The van der Waals surface area contributed by atoms with Gasteiger partial charge in [0, 0.05) is 5.56 Å².